The average molecular weight is 460 g/mol. The van der Waals surface area contributed by atoms with E-state index in [4.69, 9.17) is 0 Å². The van der Waals surface area contributed by atoms with Gasteiger partial charge in [-0.15, -0.1) is 0 Å². The molecule has 2 heterocycles. The van der Waals surface area contributed by atoms with Crippen molar-refractivity contribution in [1.82, 2.24) is 14.4 Å². The third kappa shape index (κ3) is 5.93. The summed E-state index contributed by atoms with van der Waals surface area (Å²) in [5, 5.41) is 3.34. The van der Waals surface area contributed by atoms with Crippen molar-refractivity contribution >= 4 is 44.7 Å². The minimum Gasteiger partial charge on any atom is -0.469 e. The zero-order chi connectivity index (χ0) is 20.6. The molecule has 0 spiro atoms. The predicted molar refractivity (Wildman–Crippen MR) is 119 cm³/mol. The first-order chi connectivity index (χ1) is 14.1. The van der Waals surface area contributed by atoms with E-state index in [2.05, 4.69) is 60.0 Å². The van der Waals surface area contributed by atoms with Crippen molar-refractivity contribution in [2.75, 3.05) is 30.9 Å². The highest BCUT2D eigenvalue weighted by Gasteiger charge is 2.08. The van der Waals surface area contributed by atoms with Gasteiger partial charge < -0.3 is 19.4 Å². The number of benzene rings is 1. The van der Waals surface area contributed by atoms with Gasteiger partial charge in [-0.05, 0) is 53.0 Å². The van der Waals surface area contributed by atoms with Gasteiger partial charge in [-0.25, -0.2) is 9.97 Å². The van der Waals surface area contributed by atoms with E-state index in [-0.39, 0.29) is 5.97 Å². The molecule has 0 unspecified atom stereocenters. The van der Waals surface area contributed by atoms with Gasteiger partial charge in [0.05, 0.1) is 7.11 Å². The first-order valence-electron chi connectivity index (χ1n) is 9.71. The third-order valence-electron chi connectivity index (χ3n) is 4.77. The number of fused-ring (bicyclic) bond motifs is 1. The van der Waals surface area contributed by atoms with E-state index in [1.165, 1.54) is 12.8 Å². The molecule has 29 heavy (non-hydrogen) atoms. The molecule has 0 saturated carbocycles. The van der Waals surface area contributed by atoms with E-state index < -0.39 is 0 Å². The van der Waals surface area contributed by atoms with Crippen LogP contribution in [0, 0.1) is 0 Å². The Morgan fingerprint density at radius 3 is 2.72 bits per heavy atom. The first kappa shape index (κ1) is 21.1. The molecule has 0 amide bonds. The zero-order valence-corrected chi connectivity index (χ0v) is 18.4. The van der Waals surface area contributed by atoms with Crippen LogP contribution in [0.15, 0.2) is 47.5 Å². The number of rotatable bonds is 10. The van der Waals surface area contributed by atoms with Crippen molar-refractivity contribution in [3.05, 3.63) is 47.5 Å². The number of carbonyl (C=O) groups excluding carboxylic acids is 1. The van der Waals surface area contributed by atoms with E-state index >= 15 is 0 Å². The number of aromatic nitrogens is 3. The molecule has 3 aromatic rings. The lowest BCUT2D eigenvalue weighted by molar-refractivity contribution is -0.140. The number of methoxy groups -OCH3 is 1. The Labute approximate surface area is 179 Å². The van der Waals surface area contributed by atoms with Gasteiger partial charge in [0.2, 0.25) is 0 Å². The molecule has 0 aliphatic carbocycles. The third-order valence-corrected chi connectivity index (χ3v) is 5.15. The largest absolute Gasteiger partial charge is 0.469 e. The number of imidazole rings is 1. The number of unbranched alkanes of at least 4 members (excludes halogenated alkanes) is 3. The molecule has 0 aliphatic rings. The Morgan fingerprint density at radius 2 is 1.97 bits per heavy atom. The topological polar surface area (TPSA) is 71.8 Å². The molecule has 0 saturated heterocycles. The molecule has 2 aromatic heterocycles. The maximum Gasteiger partial charge on any atom is 0.305 e. The molecule has 0 radical (unpaired) electrons. The van der Waals surface area contributed by atoms with Gasteiger partial charge in [0, 0.05) is 50.0 Å². The Hall–Kier alpha value is -2.61. The van der Waals surface area contributed by atoms with E-state index in [1.54, 1.807) is 6.20 Å². The van der Waals surface area contributed by atoms with Crippen molar-refractivity contribution in [3.63, 3.8) is 0 Å². The van der Waals surface area contributed by atoms with Gasteiger partial charge >= 0.3 is 5.97 Å². The van der Waals surface area contributed by atoms with Crippen LogP contribution in [0.25, 0.3) is 5.65 Å². The Kier molecular flexibility index (Phi) is 7.46. The molecule has 0 atom stereocenters. The number of ether oxygens (including phenoxy) is 1. The van der Waals surface area contributed by atoms with Gasteiger partial charge in [-0.1, -0.05) is 12.8 Å². The van der Waals surface area contributed by atoms with Crippen LogP contribution in [0.1, 0.15) is 32.1 Å². The van der Waals surface area contributed by atoms with Crippen molar-refractivity contribution < 1.29 is 9.53 Å². The zero-order valence-electron chi connectivity index (χ0n) is 16.8. The number of nitrogens with zero attached hydrogens (tertiary/aromatic N) is 4. The smallest absolute Gasteiger partial charge is 0.305 e. The molecule has 7 nitrogen and oxygen atoms in total. The summed E-state index contributed by atoms with van der Waals surface area (Å²) in [6.45, 7) is 0.979. The molecule has 0 bridgehead atoms. The fraction of sp³-hybridized carbons (Fsp3) is 0.381. The van der Waals surface area contributed by atoms with Crippen molar-refractivity contribution in [2.24, 2.45) is 0 Å². The lowest BCUT2D eigenvalue weighted by atomic mass is 10.1. The normalized spacial score (nSPS) is 10.9. The molecule has 154 valence electrons. The number of hydrogen-bond acceptors (Lipinski definition) is 6. The Bertz CT molecular complexity index is 942. The number of carbonyl (C=O) groups is 1. The Morgan fingerprint density at radius 1 is 1.21 bits per heavy atom. The minimum atomic E-state index is -0.123. The highest BCUT2D eigenvalue weighted by molar-refractivity contribution is 9.10. The second-order valence-electron chi connectivity index (χ2n) is 6.90. The maximum atomic E-state index is 11.1. The lowest BCUT2D eigenvalue weighted by Gasteiger charge is -2.19. The summed E-state index contributed by atoms with van der Waals surface area (Å²) < 4.78 is 7.33. The average Bonchev–Trinajstić information content (AvgIpc) is 3.19. The van der Waals surface area contributed by atoms with E-state index in [9.17, 15) is 4.79 Å². The summed E-state index contributed by atoms with van der Waals surface area (Å²) in [6.07, 6.45) is 10.2. The van der Waals surface area contributed by atoms with Crippen LogP contribution in [-0.2, 0) is 9.53 Å². The maximum absolute atomic E-state index is 11.1. The van der Waals surface area contributed by atoms with Crippen LogP contribution in [0.2, 0.25) is 0 Å². The Balaban J connectivity index is 1.49. The molecule has 8 heteroatoms. The molecule has 0 fully saturated rings. The summed E-state index contributed by atoms with van der Waals surface area (Å²) >= 11 is 3.43. The van der Waals surface area contributed by atoms with Crippen LogP contribution < -0.4 is 10.2 Å². The molecular formula is C21H26BrN5O2. The van der Waals surface area contributed by atoms with Crippen LogP contribution in [0.3, 0.4) is 0 Å². The fourth-order valence-corrected chi connectivity index (χ4v) is 3.52. The number of esters is 1. The summed E-state index contributed by atoms with van der Waals surface area (Å²) in [5.41, 5.74) is 2.90. The molecular weight excluding hydrogens is 434 g/mol. The highest BCUT2D eigenvalue weighted by atomic mass is 79.9. The van der Waals surface area contributed by atoms with Crippen molar-refractivity contribution in [2.45, 2.75) is 32.1 Å². The summed E-state index contributed by atoms with van der Waals surface area (Å²) in [5.74, 6) is 0.583. The SMILES string of the molecule is COC(=O)CCCCCCN(C)c1ccc(Nc2nc(Br)cn3ccnc23)cc1. The molecule has 3 rings (SSSR count). The van der Waals surface area contributed by atoms with Crippen molar-refractivity contribution in [1.29, 1.82) is 0 Å². The quantitative estimate of drug-likeness (QED) is 0.346. The van der Waals surface area contributed by atoms with Crippen LogP contribution in [0.5, 0.6) is 0 Å². The summed E-state index contributed by atoms with van der Waals surface area (Å²) in [4.78, 5) is 22.2. The number of hydrogen-bond donors (Lipinski definition) is 1. The molecule has 1 N–H and O–H groups in total. The molecule has 1 aromatic carbocycles. The highest BCUT2D eigenvalue weighted by Crippen LogP contribution is 2.23. The number of anilines is 3. The minimum absolute atomic E-state index is 0.123. The second kappa shape index (κ2) is 10.2. The van der Waals surface area contributed by atoms with E-state index in [1.807, 2.05) is 28.9 Å². The van der Waals surface area contributed by atoms with Gasteiger partial charge in [0.15, 0.2) is 11.5 Å². The first-order valence-corrected chi connectivity index (χ1v) is 10.5. The number of nitrogens with one attached hydrogen (secondary N) is 1. The monoisotopic (exact) mass is 459 g/mol. The second-order valence-corrected chi connectivity index (χ2v) is 7.72. The van der Waals surface area contributed by atoms with Gasteiger partial charge in [0.25, 0.3) is 0 Å². The van der Waals surface area contributed by atoms with Gasteiger partial charge in [-0.2, -0.15) is 0 Å². The standard InChI is InChI=1S/C21H26BrN5O2/c1-26(13-6-4-3-5-7-19(28)29-2)17-10-8-16(9-11-17)24-20-21-23-12-14-27(21)15-18(22)25-20/h8-12,14-15H,3-7,13H2,1-2H3,(H,24,25). The number of halogens is 1. The van der Waals surface area contributed by atoms with Gasteiger partial charge in [0.1, 0.15) is 4.60 Å². The predicted octanol–water partition coefficient (Wildman–Crippen LogP) is 4.80. The van der Waals surface area contributed by atoms with Gasteiger partial charge in [-0.3, -0.25) is 4.79 Å². The van der Waals surface area contributed by atoms with Crippen molar-refractivity contribution in [3.8, 4) is 0 Å². The fourth-order valence-electron chi connectivity index (χ4n) is 3.12. The summed E-state index contributed by atoms with van der Waals surface area (Å²) in [7, 11) is 3.53. The van der Waals surface area contributed by atoms with Crippen LogP contribution >= 0.6 is 15.9 Å². The molecule has 0 aliphatic heterocycles. The van der Waals surface area contributed by atoms with Crippen LogP contribution in [0.4, 0.5) is 17.2 Å². The van der Waals surface area contributed by atoms with E-state index in [0.29, 0.717) is 12.2 Å². The lowest BCUT2D eigenvalue weighted by Crippen LogP contribution is -2.18. The van der Waals surface area contributed by atoms with Crippen LogP contribution in [-0.4, -0.2) is 41.0 Å². The summed E-state index contributed by atoms with van der Waals surface area (Å²) in [6, 6.07) is 8.29. The van der Waals surface area contributed by atoms with E-state index in [0.717, 1.165) is 48.2 Å².